The summed E-state index contributed by atoms with van der Waals surface area (Å²) in [6.45, 7) is 0.694. The summed E-state index contributed by atoms with van der Waals surface area (Å²) in [7, 11) is 0. The van der Waals surface area contributed by atoms with Gasteiger partial charge in [0.25, 0.3) is 0 Å². The Labute approximate surface area is 496 Å². The molecule has 86 heavy (non-hydrogen) atoms. The average molecular weight is 1250 g/mol. The number of ketones is 1. The molecule has 0 radical (unpaired) electrons. The zero-order valence-corrected chi connectivity index (χ0v) is 48.1. The molecule has 21 atom stereocenters. The van der Waals surface area contributed by atoms with Crippen molar-refractivity contribution in [3.05, 3.63) is 12.2 Å². The van der Waals surface area contributed by atoms with Gasteiger partial charge in [-0.3, -0.25) is 19.2 Å². The fourth-order valence-electron chi connectivity index (χ4n) is 9.44. The number of esters is 1. The van der Waals surface area contributed by atoms with Crippen molar-refractivity contribution in [2.45, 2.75) is 187 Å². The number of aliphatic hydroxyl groups is 11. The standard InChI is InChI=1S/C52H91N5O29/c1-26(2)48(73)79-23-28(63)20-56-38-43(71)46(84-50-37(54)41(69)40(68)31(82-50)24-77-16-12-58)30(22-61)81-51(38)86-47-32(25-78-17-13-59)83-52(85-45-29(21-60)80-49(74)36(53)42(45)70)39(44(47)72)57-34(65)9-4-8-33(64)55-11-15-76-19-18-75-14-5-7-27(62)6-3-10-35(66)67/h28-32,36-47,49-52,56,58-61,63,68-72,74H,1,3-25,53-54H2,2H3,(H,55,64)(H,57,65)(H,66,67)/t28?,29?,30?,31?,32?,36?,37?,38?,39?,40-,41-,42-,43-,44-,45-,46-,47-,49-,50+,51+,52+/m1/s1. The van der Waals surface area contributed by atoms with E-state index < -0.39 is 192 Å². The van der Waals surface area contributed by atoms with Gasteiger partial charge in [-0.15, -0.1) is 0 Å². The lowest BCUT2D eigenvalue weighted by molar-refractivity contribution is -0.362. The molecule has 0 saturated carbocycles. The van der Waals surface area contributed by atoms with E-state index in [0.717, 1.165) is 0 Å². The second kappa shape index (κ2) is 39.4. The van der Waals surface area contributed by atoms with E-state index in [1.54, 1.807) is 0 Å². The molecule has 0 aromatic rings. The van der Waals surface area contributed by atoms with Gasteiger partial charge >= 0.3 is 11.9 Å². The van der Waals surface area contributed by atoms with Crippen LogP contribution in [0.25, 0.3) is 0 Å². The number of nitrogens with two attached hydrogens (primary N) is 2. The molecule has 34 nitrogen and oxygen atoms in total. The first-order valence-electron chi connectivity index (χ1n) is 28.5. The number of ether oxygens (including phenoxy) is 12. The molecule has 19 N–H and O–H groups in total. The summed E-state index contributed by atoms with van der Waals surface area (Å²) < 4.78 is 69.4. The molecule has 498 valence electrons. The molecular weight excluding hydrogens is 1160 g/mol. The number of Topliss-reactive ketones (excluding diaryl/α,β-unsaturated/α-hetero) is 1. The van der Waals surface area contributed by atoms with E-state index in [1.807, 2.05) is 0 Å². The topological polar surface area (TPSA) is 527 Å². The second-order valence-corrected chi connectivity index (χ2v) is 20.9. The zero-order chi connectivity index (χ0) is 63.5. The van der Waals surface area contributed by atoms with Crippen molar-refractivity contribution in [1.29, 1.82) is 0 Å². The number of carboxylic acids is 1. The highest BCUT2D eigenvalue weighted by molar-refractivity contribution is 5.87. The molecule has 34 heteroatoms. The fourth-order valence-corrected chi connectivity index (χ4v) is 9.44. The molecule has 4 aliphatic heterocycles. The van der Waals surface area contributed by atoms with Gasteiger partial charge in [-0.2, -0.15) is 0 Å². The molecule has 4 fully saturated rings. The predicted molar refractivity (Wildman–Crippen MR) is 287 cm³/mol. The summed E-state index contributed by atoms with van der Waals surface area (Å²) in [5.74, 6) is -3.08. The Morgan fingerprint density at radius 1 is 0.570 bits per heavy atom. The average Bonchev–Trinajstić information content (AvgIpc) is 1.03. The van der Waals surface area contributed by atoms with Gasteiger partial charge in [0.05, 0.1) is 90.8 Å². The van der Waals surface area contributed by atoms with E-state index in [2.05, 4.69) is 22.5 Å². The van der Waals surface area contributed by atoms with Crippen molar-refractivity contribution < 1.29 is 142 Å². The lowest BCUT2D eigenvalue weighted by Crippen LogP contribution is -2.71. The van der Waals surface area contributed by atoms with Crippen molar-refractivity contribution >= 4 is 29.5 Å². The van der Waals surface area contributed by atoms with E-state index in [0.29, 0.717) is 13.0 Å². The summed E-state index contributed by atoms with van der Waals surface area (Å²) >= 11 is 0. The van der Waals surface area contributed by atoms with Crippen LogP contribution in [0.4, 0.5) is 0 Å². The molecule has 0 spiro atoms. The van der Waals surface area contributed by atoms with Gasteiger partial charge in [-0.1, -0.05) is 6.58 Å². The Bertz CT molecular complexity index is 2020. The van der Waals surface area contributed by atoms with Crippen LogP contribution in [0.3, 0.4) is 0 Å². The normalized spacial score (nSPS) is 33.4. The van der Waals surface area contributed by atoms with Crippen LogP contribution in [0.2, 0.25) is 0 Å². The van der Waals surface area contributed by atoms with Crippen LogP contribution in [-0.4, -0.2) is 318 Å². The van der Waals surface area contributed by atoms with Crippen LogP contribution < -0.4 is 27.4 Å². The van der Waals surface area contributed by atoms with E-state index in [1.165, 1.54) is 6.92 Å². The number of hydrogen-bond acceptors (Lipinski definition) is 31. The van der Waals surface area contributed by atoms with Crippen molar-refractivity contribution in [2.75, 3.05) is 99.0 Å². The number of rotatable bonds is 41. The van der Waals surface area contributed by atoms with Crippen LogP contribution >= 0.6 is 0 Å². The Morgan fingerprint density at radius 3 is 1.74 bits per heavy atom. The van der Waals surface area contributed by atoms with E-state index >= 15 is 0 Å². The lowest BCUT2D eigenvalue weighted by Gasteiger charge is -2.51. The summed E-state index contributed by atoms with van der Waals surface area (Å²) in [5, 5.41) is 136. The monoisotopic (exact) mass is 1250 g/mol. The highest BCUT2D eigenvalue weighted by atomic mass is 16.8. The second-order valence-electron chi connectivity index (χ2n) is 20.9. The third-order valence-corrected chi connectivity index (χ3v) is 14.1. The van der Waals surface area contributed by atoms with Gasteiger partial charge in [-0.25, -0.2) is 4.79 Å². The molecule has 2 amide bonds. The number of carboxylic acid groups (broad SMARTS) is 1. The van der Waals surface area contributed by atoms with E-state index in [4.69, 9.17) is 73.4 Å². The molecule has 0 aromatic heterocycles. The molecular formula is C52H91N5O29. The highest BCUT2D eigenvalue weighted by Crippen LogP contribution is 2.35. The minimum Gasteiger partial charge on any atom is -0.481 e. The number of hydrogen-bond donors (Lipinski definition) is 17. The third kappa shape index (κ3) is 23.9. The summed E-state index contributed by atoms with van der Waals surface area (Å²) in [6.07, 6.45) is -27.8. The van der Waals surface area contributed by atoms with Gasteiger partial charge in [0.1, 0.15) is 97.8 Å². The molecule has 4 rings (SSSR count). The Balaban J connectivity index is 1.53. The van der Waals surface area contributed by atoms with Crippen molar-refractivity contribution in [3.63, 3.8) is 0 Å². The molecule has 9 unspecified atom stereocenters. The zero-order valence-electron chi connectivity index (χ0n) is 48.1. The first kappa shape index (κ1) is 74.8. The molecule has 0 bridgehead atoms. The number of aliphatic carboxylic acids is 1. The first-order valence-corrected chi connectivity index (χ1v) is 28.5. The largest absolute Gasteiger partial charge is 0.481 e. The Kier molecular flexibility index (Phi) is 34.3. The van der Waals surface area contributed by atoms with Crippen molar-refractivity contribution in [3.8, 4) is 0 Å². The van der Waals surface area contributed by atoms with E-state index in [-0.39, 0.29) is 109 Å². The summed E-state index contributed by atoms with van der Waals surface area (Å²) in [5.41, 5.74) is 12.3. The maximum Gasteiger partial charge on any atom is 0.333 e. The highest BCUT2D eigenvalue weighted by Gasteiger charge is 2.56. The van der Waals surface area contributed by atoms with Gasteiger partial charge < -0.3 is 146 Å². The quantitative estimate of drug-likeness (QED) is 0.0154. The molecule has 4 heterocycles. The number of carbonyl (C=O) groups is 5. The fraction of sp³-hybridized carbons (Fsp3) is 0.865. The van der Waals surface area contributed by atoms with Crippen LogP contribution in [0.1, 0.15) is 58.3 Å². The molecule has 4 saturated heterocycles. The van der Waals surface area contributed by atoms with E-state index in [9.17, 15) is 80.1 Å². The molecule has 0 aromatic carbocycles. The van der Waals surface area contributed by atoms with Gasteiger partial charge in [0.15, 0.2) is 25.2 Å². The SMILES string of the molecule is C=C(C)C(=O)OCC(O)CNC1[C@H](O[C@@H]2C(COCCO)O[C@@H](O[C@@H]3C(CO)O[C@@H](O)C(N)[C@H]3O)C(NC(=O)CCCC(=O)NCCOCCOCCCC(=O)CCCC(=O)O)[C@H]2O)OC(CO)[C@@H](O[C@@H]2OC(COCCO)[C@@H](O)[C@H](O)C2N)[C@@H]1O. The Morgan fingerprint density at radius 2 is 1.10 bits per heavy atom. The third-order valence-electron chi connectivity index (χ3n) is 14.1. The Hall–Kier alpha value is -3.71. The van der Waals surface area contributed by atoms with Crippen LogP contribution in [0.5, 0.6) is 0 Å². The van der Waals surface area contributed by atoms with Gasteiger partial charge in [0, 0.05) is 57.4 Å². The van der Waals surface area contributed by atoms with Crippen LogP contribution in [-0.2, 0) is 80.8 Å². The maximum absolute atomic E-state index is 13.8. The van der Waals surface area contributed by atoms with Crippen LogP contribution in [0, 0.1) is 0 Å². The van der Waals surface area contributed by atoms with Crippen LogP contribution in [0.15, 0.2) is 12.2 Å². The number of nitrogens with one attached hydrogen (secondary N) is 3. The maximum atomic E-state index is 13.8. The number of aliphatic hydroxyl groups excluding tert-OH is 11. The number of amides is 2. The van der Waals surface area contributed by atoms with Gasteiger partial charge in [-0.05, 0) is 26.2 Å². The van der Waals surface area contributed by atoms with Crippen molar-refractivity contribution in [2.24, 2.45) is 11.5 Å². The minimum absolute atomic E-state index is 0.0237. The summed E-state index contributed by atoms with van der Waals surface area (Å²) in [6, 6.07) is -6.31. The smallest absolute Gasteiger partial charge is 0.333 e. The number of carbonyl (C=O) groups excluding carboxylic acids is 4. The lowest BCUT2D eigenvalue weighted by atomic mass is 9.93. The summed E-state index contributed by atoms with van der Waals surface area (Å²) in [4.78, 5) is 61.3. The predicted octanol–water partition coefficient (Wildman–Crippen LogP) is -8.66. The minimum atomic E-state index is -1.99. The molecule has 4 aliphatic rings. The molecule has 0 aliphatic carbocycles. The van der Waals surface area contributed by atoms with Crippen molar-refractivity contribution in [1.82, 2.24) is 16.0 Å². The van der Waals surface area contributed by atoms with Gasteiger partial charge in [0.2, 0.25) is 11.8 Å². The first-order chi connectivity index (χ1) is 41.1.